The number of quaternary nitrogens is 1. The zero-order chi connectivity index (χ0) is 12.6. The van der Waals surface area contributed by atoms with Gasteiger partial charge in [0.05, 0.1) is 0 Å². The zero-order valence-electron chi connectivity index (χ0n) is 10.7. The first-order valence-corrected chi connectivity index (χ1v) is 7.16. The highest BCUT2D eigenvalue weighted by molar-refractivity contribution is 7.83. The highest BCUT2D eigenvalue weighted by Gasteiger charge is 2.55. The predicted molar refractivity (Wildman–Crippen MR) is 60.7 cm³/mol. The Bertz CT molecular complexity index is 383. The van der Waals surface area contributed by atoms with E-state index in [1.54, 1.807) is 13.8 Å². The smallest absolute Gasteiger partial charge is 0.396 e. The number of hydrogen-bond donors (Lipinski definition) is 1. The van der Waals surface area contributed by atoms with Crippen LogP contribution in [0, 0.1) is 5.92 Å². The Hall–Kier alpha value is -0.330. The molecule has 0 aromatic carbocycles. The minimum atomic E-state index is -3.48. The van der Waals surface area contributed by atoms with E-state index in [1.165, 1.54) is 4.72 Å². The average Bonchev–Trinajstić information content (AvgIpc) is 2.31. The van der Waals surface area contributed by atoms with Crippen LogP contribution in [0.5, 0.6) is 0 Å². The van der Waals surface area contributed by atoms with E-state index in [0.29, 0.717) is 12.3 Å². The maximum Gasteiger partial charge on any atom is 0.396 e. The number of rotatable bonds is 4. The predicted octanol–water partition coefficient (Wildman–Crippen LogP) is -3.14. The van der Waals surface area contributed by atoms with Gasteiger partial charge in [-0.1, -0.05) is 13.8 Å². The van der Waals surface area contributed by atoms with Crippen molar-refractivity contribution in [3.05, 3.63) is 0 Å². The van der Waals surface area contributed by atoms with Crippen molar-refractivity contribution in [2.75, 3.05) is 6.54 Å². The normalized spacial score (nSPS) is 27.4. The number of carbonyl (C=O) groups is 1. The van der Waals surface area contributed by atoms with Gasteiger partial charge in [-0.3, -0.25) is 4.79 Å². The molecule has 17 heavy (non-hydrogen) atoms. The summed E-state index contributed by atoms with van der Waals surface area (Å²) in [5.41, 5.74) is -0.834. The molecule has 102 valence electrons. The summed E-state index contributed by atoms with van der Waals surface area (Å²) >= 11 is 0. The molecule has 2 N–H and O–H groups in total. The molecule has 1 rings (SSSR count). The molecule has 0 saturated carbocycles. The summed E-state index contributed by atoms with van der Waals surface area (Å²) in [6, 6.07) is 0. The summed E-state index contributed by atoms with van der Waals surface area (Å²) < 4.78 is 25.6. The van der Waals surface area contributed by atoms with Gasteiger partial charge in [0.25, 0.3) is 0 Å². The fourth-order valence-electron chi connectivity index (χ4n) is 1.92. The van der Waals surface area contributed by atoms with E-state index in [2.05, 4.69) is 13.8 Å². The van der Waals surface area contributed by atoms with Crippen molar-refractivity contribution in [3.63, 3.8) is 0 Å². The maximum atomic E-state index is 12.0. The van der Waals surface area contributed by atoms with Crippen LogP contribution in [-0.4, -0.2) is 30.7 Å². The summed E-state index contributed by atoms with van der Waals surface area (Å²) in [5, 5.41) is 0. The molecule has 0 aromatic heterocycles. The first-order valence-electron chi connectivity index (χ1n) is 5.66. The Morgan fingerprint density at radius 1 is 1.41 bits per heavy atom. The van der Waals surface area contributed by atoms with Crippen molar-refractivity contribution in [2.24, 2.45) is 5.92 Å². The highest BCUT2D eigenvalue weighted by Crippen LogP contribution is 2.21. The topological polar surface area (TPSA) is 71.1 Å². The van der Waals surface area contributed by atoms with E-state index in [0.717, 1.165) is 10.7 Å². The second kappa shape index (κ2) is 5.54. The van der Waals surface area contributed by atoms with Crippen LogP contribution in [0.4, 0.5) is 0 Å². The second-order valence-electron chi connectivity index (χ2n) is 4.98. The van der Waals surface area contributed by atoms with Crippen LogP contribution >= 0.6 is 0 Å². The Morgan fingerprint density at radius 3 is 2.29 bits per heavy atom. The van der Waals surface area contributed by atoms with Crippen LogP contribution in [0.2, 0.25) is 0 Å². The molecule has 1 amide bonds. The number of carbonyl (C=O) groups excluding carboxylic acids is 1. The molecule has 1 unspecified atom stereocenters. The van der Waals surface area contributed by atoms with Crippen molar-refractivity contribution < 1.29 is 30.3 Å². The minimum Gasteiger partial charge on any atom is -1.00 e. The van der Waals surface area contributed by atoms with E-state index in [4.69, 9.17) is 0 Å². The molecule has 0 aromatic rings. The largest absolute Gasteiger partial charge is 1.00 e. The molecule has 1 fully saturated rings. The third-order valence-corrected chi connectivity index (χ3v) is 4.82. The molecule has 0 radical (unpaired) electrons. The van der Waals surface area contributed by atoms with Gasteiger partial charge in [-0.05, 0) is 19.3 Å². The van der Waals surface area contributed by atoms with Crippen molar-refractivity contribution in [1.82, 2.24) is 4.31 Å². The number of hydrogen-bond acceptors (Lipinski definition) is 3. The molecule has 1 heterocycles. The summed E-state index contributed by atoms with van der Waals surface area (Å²) in [5.74, 6) is 0.187. The Morgan fingerprint density at radius 2 is 1.94 bits per heavy atom. The number of amides is 1. The molecule has 1 atom stereocenters. The van der Waals surface area contributed by atoms with Gasteiger partial charge < -0.3 is 12.4 Å². The van der Waals surface area contributed by atoms with Gasteiger partial charge in [-0.15, -0.1) is 0 Å². The molecular weight excluding hydrogens is 264 g/mol. The lowest BCUT2D eigenvalue weighted by Crippen LogP contribution is -3.00. The lowest BCUT2D eigenvalue weighted by molar-refractivity contribution is -0.560. The van der Waals surface area contributed by atoms with Gasteiger partial charge in [-0.25, -0.2) is 4.72 Å². The molecule has 1 aliphatic rings. The summed E-state index contributed by atoms with van der Waals surface area (Å²) in [7, 11) is -3.48. The van der Waals surface area contributed by atoms with Crippen molar-refractivity contribution in [2.45, 2.75) is 46.1 Å². The molecule has 1 saturated heterocycles. The van der Waals surface area contributed by atoms with Crippen molar-refractivity contribution >= 4 is 16.1 Å². The van der Waals surface area contributed by atoms with E-state index in [-0.39, 0.29) is 24.9 Å². The fraction of sp³-hybridized carbons (Fsp3) is 0.900. The molecule has 7 heteroatoms. The molecular formula is C10H21ClN2O3S. The Labute approximate surface area is 110 Å². The number of nitrogens with two attached hydrogens (primary N) is 1. The van der Waals surface area contributed by atoms with Crippen LogP contribution in [0.1, 0.15) is 40.5 Å². The van der Waals surface area contributed by atoms with Crippen LogP contribution in [0.15, 0.2) is 0 Å². The lowest BCUT2D eigenvalue weighted by Gasteiger charge is -2.17. The highest BCUT2D eigenvalue weighted by atomic mass is 35.5. The number of halogens is 1. The SMILES string of the molecule is CCN1C(=O)C(C)(CCC(C)C)[NH2+]S1(=O)=O.[Cl-]. The minimum absolute atomic E-state index is 0. The maximum absolute atomic E-state index is 12.0. The second-order valence-corrected chi connectivity index (χ2v) is 6.69. The van der Waals surface area contributed by atoms with Gasteiger partial charge in [0, 0.05) is 19.9 Å². The van der Waals surface area contributed by atoms with Crippen LogP contribution in [-0.2, 0) is 15.0 Å². The summed E-state index contributed by atoms with van der Waals surface area (Å²) in [6.07, 6.45) is 1.45. The van der Waals surface area contributed by atoms with Gasteiger partial charge >= 0.3 is 16.1 Å². The molecule has 0 spiro atoms. The Kier molecular flexibility index (Phi) is 5.43. The van der Waals surface area contributed by atoms with Crippen LogP contribution < -0.4 is 17.1 Å². The van der Waals surface area contributed by atoms with Gasteiger partial charge in [0.15, 0.2) is 5.54 Å². The number of nitrogens with zero attached hydrogens (tertiary/aromatic N) is 1. The molecule has 0 bridgehead atoms. The first-order chi connectivity index (χ1) is 7.23. The van der Waals surface area contributed by atoms with E-state index in [1.807, 2.05) is 0 Å². The molecule has 5 nitrogen and oxygen atoms in total. The summed E-state index contributed by atoms with van der Waals surface area (Å²) in [6.45, 7) is 7.74. The number of likely N-dealkylation sites (N-methyl/N-ethyl adjacent to an activating group) is 1. The first kappa shape index (κ1) is 16.7. The van der Waals surface area contributed by atoms with Gasteiger partial charge in [0.1, 0.15) is 0 Å². The van der Waals surface area contributed by atoms with Gasteiger partial charge in [0.2, 0.25) is 0 Å². The fourth-order valence-corrected chi connectivity index (χ4v) is 3.72. The van der Waals surface area contributed by atoms with Crippen molar-refractivity contribution in [1.29, 1.82) is 0 Å². The Balaban J connectivity index is 0.00000256. The lowest BCUT2D eigenvalue weighted by atomic mass is 9.92. The molecule has 1 aliphatic heterocycles. The quantitative estimate of drug-likeness (QED) is 0.593. The van der Waals surface area contributed by atoms with Gasteiger partial charge in [-0.2, -0.15) is 12.7 Å². The third-order valence-electron chi connectivity index (χ3n) is 2.96. The monoisotopic (exact) mass is 284 g/mol. The van der Waals surface area contributed by atoms with E-state index in [9.17, 15) is 13.2 Å². The van der Waals surface area contributed by atoms with Crippen LogP contribution in [0.25, 0.3) is 0 Å². The van der Waals surface area contributed by atoms with E-state index < -0.39 is 15.7 Å². The van der Waals surface area contributed by atoms with Crippen LogP contribution in [0.3, 0.4) is 0 Å². The average molecular weight is 285 g/mol. The zero-order valence-corrected chi connectivity index (χ0v) is 12.3. The molecule has 0 aliphatic carbocycles. The summed E-state index contributed by atoms with van der Waals surface area (Å²) in [4.78, 5) is 12.0. The standard InChI is InChI=1S/C10H20N2O3S.ClH/c1-5-12-9(13)10(4,7-6-8(2)3)11-16(12,14)15;/h8,11H,5-7H2,1-4H3;1H. The third kappa shape index (κ3) is 3.33. The van der Waals surface area contributed by atoms with Crippen molar-refractivity contribution in [3.8, 4) is 0 Å². The van der Waals surface area contributed by atoms with E-state index >= 15 is 0 Å².